The summed E-state index contributed by atoms with van der Waals surface area (Å²) in [6.45, 7) is 4.12. The van der Waals surface area contributed by atoms with E-state index in [0.717, 1.165) is 0 Å². The summed E-state index contributed by atoms with van der Waals surface area (Å²) in [6, 6.07) is 1.32. The molecule has 0 spiro atoms. The Morgan fingerprint density at radius 2 is 2.10 bits per heavy atom. The molecule has 0 aliphatic carbocycles. The largest absolute Gasteiger partial charge is 0.505 e. The zero-order valence-electron chi connectivity index (χ0n) is 11.8. The highest BCUT2D eigenvalue weighted by atomic mass is 16.4. The topological polar surface area (TPSA) is 115 Å². The number of carbonyl (C=O) groups is 1. The van der Waals surface area contributed by atoms with E-state index in [2.05, 4.69) is 10.1 Å². The van der Waals surface area contributed by atoms with Gasteiger partial charge in [0, 0.05) is 32.4 Å². The Labute approximate surface area is 122 Å². The van der Waals surface area contributed by atoms with Crippen molar-refractivity contribution in [3.63, 3.8) is 0 Å². The van der Waals surface area contributed by atoms with Crippen LogP contribution in [0.15, 0.2) is 23.6 Å². The van der Waals surface area contributed by atoms with E-state index in [4.69, 9.17) is 10.9 Å². The van der Waals surface area contributed by atoms with Gasteiger partial charge in [-0.25, -0.2) is 0 Å². The van der Waals surface area contributed by atoms with Gasteiger partial charge in [0.2, 0.25) is 0 Å². The first kappa shape index (κ1) is 15.0. The van der Waals surface area contributed by atoms with Crippen molar-refractivity contribution in [3.8, 4) is 5.75 Å². The lowest BCUT2D eigenvalue weighted by molar-refractivity contribution is 0.0616. The van der Waals surface area contributed by atoms with E-state index in [9.17, 15) is 9.90 Å². The molecule has 1 aliphatic heterocycles. The normalized spacial score (nSPS) is 18.5. The van der Waals surface area contributed by atoms with Crippen molar-refractivity contribution in [1.29, 1.82) is 0 Å². The van der Waals surface area contributed by atoms with Crippen LogP contribution in [-0.2, 0) is 0 Å². The number of hydrogen-bond donors (Lipinski definition) is 3. The molecule has 1 aliphatic rings. The third-order valence-electron chi connectivity index (χ3n) is 3.72. The number of nitrogens with two attached hydrogens (primary N) is 1. The van der Waals surface area contributed by atoms with Crippen molar-refractivity contribution in [2.45, 2.75) is 13.0 Å². The quantitative estimate of drug-likeness (QED) is 0.304. The van der Waals surface area contributed by atoms with E-state index in [1.807, 2.05) is 11.8 Å². The van der Waals surface area contributed by atoms with Crippen LogP contribution in [0, 0.1) is 0 Å². The van der Waals surface area contributed by atoms with Gasteiger partial charge in [0.15, 0.2) is 5.84 Å². The van der Waals surface area contributed by atoms with Crippen LogP contribution in [0.1, 0.15) is 17.3 Å². The summed E-state index contributed by atoms with van der Waals surface area (Å²) < 4.78 is 0. The minimum atomic E-state index is -0.217. The van der Waals surface area contributed by atoms with E-state index in [-0.39, 0.29) is 29.1 Å². The van der Waals surface area contributed by atoms with Gasteiger partial charge in [-0.3, -0.25) is 14.7 Å². The lowest BCUT2D eigenvalue weighted by atomic mass is 10.1. The van der Waals surface area contributed by atoms with Crippen LogP contribution in [-0.4, -0.2) is 69.1 Å². The fourth-order valence-corrected chi connectivity index (χ4v) is 2.32. The smallest absolute Gasteiger partial charge is 0.257 e. The summed E-state index contributed by atoms with van der Waals surface area (Å²) in [4.78, 5) is 19.8. The third-order valence-corrected chi connectivity index (χ3v) is 3.72. The first-order valence-corrected chi connectivity index (χ1v) is 6.68. The second-order valence-electron chi connectivity index (χ2n) is 4.92. The van der Waals surface area contributed by atoms with E-state index < -0.39 is 0 Å². The van der Waals surface area contributed by atoms with Gasteiger partial charge in [0.1, 0.15) is 5.75 Å². The zero-order valence-corrected chi connectivity index (χ0v) is 11.8. The van der Waals surface area contributed by atoms with Crippen molar-refractivity contribution in [2.24, 2.45) is 10.9 Å². The molecule has 1 saturated heterocycles. The second-order valence-corrected chi connectivity index (χ2v) is 4.92. The summed E-state index contributed by atoms with van der Waals surface area (Å²) in [6.07, 6.45) is 2.73. The SMILES string of the molecule is CC(/C(N)=N/O)N1CCN(C(=O)c2ccncc2O)CC1. The molecule has 0 bridgehead atoms. The maximum atomic E-state index is 12.3. The number of hydrogen-bond acceptors (Lipinski definition) is 6. The van der Waals surface area contributed by atoms with E-state index in [0.29, 0.717) is 26.2 Å². The minimum Gasteiger partial charge on any atom is -0.505 e. The summed E-state index contributed by atoms with van der Waals surface area (Å²) in [5, 5.41) is 21.4. The van der Waals surface area contributed by atoms with Crippen LogP contribution in [0.4, 0.5) is 0 Å². The molecule has 1 fully saturated rings. The molecule has 21 heavy (non-hydrogen) atoms. The van der Waals surface area contributed by atoms with Gasteiger partial charge in [0.05, 0.1) is 17.8 Å². The molecule has 4 N–H and O–H groups in total. The summed E-state index contributed by atoms with van der Waals surface area (Å²) in [5.41, 5.74) is 5.84. The molecule has 0 aromatic carbocycles. The molecule has 2 rings (SSSR count). The molecule has 1 aromatic heterocycles. The Morgan fingerprint density at radius 1 is 1.43 bits per heavy atom. The molecule has 0 radical (unpaired) electrons. The first-order chi connectivity index (χ1) is 10.0. The fraction of sp³-hybridized carbons (Fsp3) is 0.462. The van der Waals surface area contributed by atoms with Crippen LogP contribution >= 0.6 is 0 Å². The number of carbonyl (C=O) groups excluding carboxylic acids is 1. The average Bonchev–Trinajstić information content (AvgIpc) is 2.53. The van der Waals surface area contributed by atoms with Crippen molar-refractivity contribution in [2.75, 3.05) is 26.2 Å². The van der Waals surface area contributed by atoms with Crippen molar-refractivity contribution < 1.29 is 15.1 Å². The van der Waals surface area contributed by atoms with E-state index in [1.54, 1.807) is 4.90 Å². The number of rotatable bonds is 3. The van der Waals surface area contributed by atoms with E-state index >= 15 is 0 Å². The predicted octanol–water partition coefficient (Wildman–Crippen LogP) is -0.320. The van der Waals surface area contributed by atoms with Gasteiger partial charge in [-0.2, -0.15) is 0 Å². The maximum Gasteiger partial charge on any atom is 0.257 e. The number of piperazine rings is 1. The Balaban J connectivity index is 1.98. The number of aromatic hydroxyl groups is 1. The molecular weight excluding hydrogens is 274 g/mol. The summed E-state index contributed by atoms with van der Waals surface area (Å²) in [5.74, 6) is -0.178. The molecule has 8 heteroatoms. The van der Waals surface area contributed by atoms with E-state index in [1.165, 1.54) is 18.5 Å². The molecule has 1 amide bonds. The summed E-state index contributed by atoms with van der Waals surface area (Å²) in [7, 11) is 0. The van der Waals surface area contributed by atoms with Gasteiger partial charge in [-0.1, -0.05) is 5.16 Å². The molecule has 1 aromatic rings. The number of amidine groups is 1. The van der Waals surface area contributed by atoms with Crippen LogP contribution in [0.5, 0.6) is 5.75 Å². The van der Waals surface area contributed by atoms with Crippen molar-refractivity contribution >= 4 is 11.7 Å². The zero-order chi connectivity index (χ0) is 15.4. The van der Waals surface area contributed by atoms with Gasteiger partial charge >= 0.3 is 0 Å². The van der Waals surface area contributed by atoms with Crippen molar-refractivity contribution in [1.82, 2.24) is 14.8 Å². The Hall–Kier alpha value is -2.35. The lowest BCUT2D eigenvalue weighted by Gasteiger charge is -2.37. The second kappa shape index (κ2) is 6.40. The number of aromatic nitrogens is 1. The summed E-state index contributed by atoms with van der Waals surface area (Å²) >= 11 is 0. The van der Waals surface area contributed by atoms with Crippen LogP contribution < -0.4 is 5.73 Å². The highest BCUT2D eigenvalue weighted by molar-refractivity contribution is 5.96. The van der Waals surface area contributed by atoms with Crippen LogP contribution in [0.2, 0.25) is 0 Å². The predicted molar refractivity (Wildman–Crippen MR) is 76.2 cm³/mol. The molecule has 1 unspecified atom stereocenters. The highest BCUT2D eigenvalue weighted by Gasteiger charge is 2.27. The van der Waals surface area contributed by atoms with Gasteiger partial charge in [-0.05, 0) is 13.0 Å². The van der Waals surface area contributed by atoms with Crippen molar-refractivity contribution in [3.05, 3.63) is 24.0 Å². The molecular formula is C13H19N5O3. The molecule has 114 valence electrons. The molecule has 8 nitrogen and oxygen atoms in total. The maximum absolute atomic E-state index is 12.3. The van der Waals surface area contributed by atoms with Gasteiger partial charge in [-0.15, -0.1) is 0 Å². The third kappa shape index (κ3) is 3.22. The van der Waals surface area contributed by atoms with Gasteiger partial charge < -0.3 is 20.9 Å². The fourth-order valence-electron chi connectivity index (χ4n) is 2.32. The van der Waals surface area contributed by atoms with Gasteiger partial charge in [0.25, 0.3) is 5.91 Å². The number of amides is 1. The highest BCUT2D eigenvalue weighted by Crippen LogP contribution is 2.18. The molecule has 2 heterocycles. The Bertz CT molecular complexity index is 540. The van der Waals surface area contributed by atoms with Crippen LogP contribution in [0.25, 0.3) is 0 Å². The monoisotopic (exact) mass is 293 g/mol. The lowest BCUT2D eigenvalue weighted by Crippen LogP contribution is -2.54. The number of nitrogens with zero attached hydrogens (tertiary/aromatic N) is 4. The number of oxime groups is 1. The molecule has 1 atom stereocenters. The Kier molecular flexibility index (Phi) is 4.59. The first-order valence-electron chi connectivity index (χ1n) is 6.68. The standard InChI is InChI=1S/C13H19N5O3/c1-9(12(14)16-21)17-4-6-18(7-5-17)13(20)10-2-3-15-8-11(10)19/h2-3,8-9,19,21H,4-7H2,1H3,(H2,14,16). The molecule has 0 saturated carbocycles. The minimum absolute atomic E-state index is 0.116. The average molecular weight is 293 g/mol. The van der Waals surface area contributed by atoms with Crippen LogP contribution in [0.3, 0.4) is 0 Å². The number of pyridine rings is 1. The Morgan fingerprint density at radius 3 is 2.67 bits per heavy atom.